The van der Waals surface area contributed by atoms with E-state index in [1.165, 1.54) is 24.5 Å². The molecular weight excluding hydrogens is 381 g/mol. The van der Waals surface area contributed by atoms with Gasteiger partial charge in [-0.3, -0.25) is 9.78 Å². The Bertz CT molecular complexity index is 897. The van der Waals surface area contributed by atoms with Crippen LogP contribution in [0, 0.1) is 0 Å². The Morgan fingerprint density at radius 2 is 2.00 bits per heavy atom. The van der Waals surface area contributed by atoms with E-state index >= 15 is 0 Å². The number of halogens is 3. The maximum atomic E-state index is 14.0. The van der Waals surface area contributed by atoms with Crippen molar-refractivity contribution < 1.29 is 32.0 Å². The quantitative estimate of drug-likeness (QED) is 0.575. The van der Waals surface area contributed by atoms with Crippen LogP contribution in [-0.2, 0) is 19.7 Å². The van der Waals surface area contributed by atoms with Crippen LogP contribution in [0.15, 0.2) is 41.2 Å². The molecule has 28 heavy (non-hydrogen) atoms. The van der Waals surface area contributed by atoms with Gasteiger partial charge in [0.1, 0.15) is 0 Å². The summed E-state index contributed by atoms with van der Waals surface area (Å²) in [7, 11) is 1.12. The highest BCUT2D eigenvalue weighted by atomic mass is 19.4. The standard InChI is InChI=1S/C17H15F3N4O4/c1-27-13(26)3-2-12(25)24-9-6-16(10-24,17(18,19)20)15-22-14(23-28-15)11-4-7-21-8-5-11/h2-5,7-8H,6,9-10H2,1H3/b3-2+. The van der Waals surface area contributed by atoms with Crippen LogP contribution < -0.4 is 0 Å². The van der Waals surface area contributed by atoms with Crippen LogP contribution in [0.3, 0.4) is 0 Å². The number of methoxy groups -OCH3 is 1. The van der Waals surface area contributed by atoms with Crippen LogP contribution in [0.2, 0.25) is 0 Å². The average Bonchev–Trinajstić information content (AvgIpc) is 3.34. The number of nitrogens with zero attached hydrogens (tertiary/aromatic N) is 4. The van der Waals surface area contributed by atoms with Gasteiger partial charge >= 0.3 is 12.1 Å². The number of carbonyl (C=O) groups excluding carboxylic acids is 2. The molecule has 11 heteroatoms. The SMILES string of the molecule is COC(=O)/C=C/C(=O)N1CCC(c2nc(-c3ccncc3)no2)(C(F)(F)F)C1. The summed E-state index contributed by atoms with van der Waals surface area (Å²) in [5.41, 5.74) is -2.03. The van der Waals surface area contributed by atoms with Gasteiger partial charge in [-0.1, -0.05) is 5.16 Å². The van der Waals surface area contributed by atoms with Gasteiger partial charge in [0.2, 0.25) is 17.6 Å². The zero-order valence-corrected chi connectivity index (χ0v) is 14.6. The molecule has 1 unspecified atom stereocenters. The van der Waals surface area contributed by atoms with Crippen molar-refractivity contribution >= 4 is 11.9 Å². The maximum absolute atomic E-state index is 14.0. The van der Waals surface area contributed by atoms with E-state index in [0.29, 0.717) is 5.56 Å². The van der Waals surface area contributed by atoms with Crippen LogP contribution in [0.25, 0.3) is 11.4 Å². The lowest BCUT2D eigenvalue weighted by molar-refractivity contribution is -0.193. The molecule has 0 N–H and O–H groups in total. The topological polar surface area (TPSA) is 98.4 Å². The lowest BCUT2D eigenvalue weighted by atomic mass is 9.86. The Labute approximate surface area is 157 Å². The van der Waals surface area contributed by atoms with Crippen LogP contribution in [0.4, 0.5) is 13.2 Å². The van der Waals surface area contributed by atoms with E-state index in [1.54, 1.807) is 0 Å². The third-order valence-electron chi connectivity index (χ3n) is 4.46. The second-order valence-electron chi connectivity index (χ2n) is 6.11. The van der Waals surface area contributed by atoms with Crippen molar-refractivity contribution in [2.75, 3.05) is 20.2 Å². The molecule has 1 aliphatic heterocycles. The van der Waals surface area contributed by atoms with Crippen molar-refractivity contribution in [1.29, 1.82) is 0 Å². The molecule has 1 amide bonds. The normalized spacial score (nSPS) is 19.9. The molecule has 0 aliphatic carbocycles. The Kier molecular flexibility index (Phi) is 5.16. The highest BCUT2D eigenvalue weighted by Gasteiger charge is 2.63. The minimum absolute atomic E-state index is 0.00334. The molecule has 3 heterocycles. The lowest BCUT2D eigenvalue weighted by Gasteiger charge is -2.27. The number of hydrogen-bond donors (Lipinski definition) is 0. The molecule has 8 nitrogen and oxygen atoms in total. The fraction of sp³-hybridized carbons (Fsp3) is 0.353. The second-order valence-corrected chi connectivity index (χ2v) is 6.11. The van der Waals surface area contributed by atoms with E-state index in [1.807, 2.05) is 0 Å². The first kappa shape index (κ1) is 19.5. The second kappa shape index (κ2) is 7.41. The summed E-state index contributed by atoms with van der Waals surface area (Å²) in [6.45, 7) is -0.879. The number of ether oxygens (including phenoxy) is 1. The number of likely N-dealkylation sites (tertiary alicyclic amines) is 1. The average molecular weight is 396 g/mol. The van der Waals surface area contributed by atoms with Gasteiger partial charge in [-0.15, -0.1) is 0 Å². The minimum Gasteiger partial charge on any atom is -0.466 e. The van der Waals surface area contributed by atoms with Crippen molar-refractivity contribution in [3.8, 4) is 11.4 Å². The summed E-state index contributed by atoms with van der Waals surface area (Å²) in [5, 5.41) is 3.64. The number of rotatable bonds is 4. The third-order valence-corrected chi connectivity index (χ3v) is 4.46. The van der Waals surface area contributed by atoms with Crippen molar-refractivity contribution in [3.63, 3.8) is 0 Å². The highest BCUT2D eigenvalue weighted by molar-refractivity contribution is 5.94. The molecular formula is C17H15F3N4O4. The summed E-state index contributed by atoms with van der Waals surface area (Å²) in [6.07, 6.45) is -0.538. The molecule has 148 valence electrons. The molecule has 1 aliphatic rings. The van der Waals surface area contributed by atoms with Gasteiger partial charge in [-0.05, 0) is 18.6 Å². The first-order chi connectivity index (χ1) is 13.3. The first-order valence-electron chi connectivity index (χ1n) is 8.13. The highest BCUT2D eigenvalue weighted by Crippen LogP contribution is 2.47. The predicted octanol–water partition coefficient (Wildman–Crippen LogP) is 1.89. The fourth-order valence-corrected chi connectivity index (χ4v) is 2.87. The van der Waals surface area contributed by atoms with Gasteiger partial charge in [-0.25, -0.2) is 4.79 Å². The van der Waals surface area contributed by atoms with E-state index in [4.69, 9.17) is 4.52 Å². The van der Waals surface area contributed by atoms with Gasteiger partial charge in [-0.2, -0.15) is 18.2 Å². The summed E-state index contributed by atoms with van der Waals surface area (Å²) in [5.74, 6) is -2.14. The number of aromatic nitrogens is 3. The monoisotopic (exact) mass is 396 g/mol. The van der Waals surface area contributed by atoms with Gasteiger partial charge in [0.15, 0.2) is 5.41 Å². The smallest absolute Gasteiger partial charge is 0.405 e. The van der Waals surface area contributed by atoms with Gasteiger partial charge in [0.05, 0.1) is 7.11 Å². The van der Waals surface area contributed by atoms with Crippen LogP contribution in [-0.4, -0.2) is 58.3 Å². The Morgan fingerprint density at radius 1 is 1.29 bits per heavy atom. The fourth-order valence-electron chi connectivity index (χ4n) is 2.87. The van der Waals surface area contributed by atoms with Crippen molar-refractivity contribution in [1.82, 2.24) is 20.0 Å². The molecule has 3 rings (SSSR count). The Balaban J connectivity index is 1.88. The lowest BCUT2D eigenvalue weighted by Crippen LogP contribution is -2.45. The first-order valence-corrected chi connectivity index (χ1v) is 8.13. The zero-order valence-electron chi connectivity index (χ0n) is 14.6. The number of carbonyl (C=O) groups is 2. The summed E-state index contributed by atoms with van der Waals surface area (Å²) < 4.78 is 51.2. The van der Waals surface area contributed by atoms with Crippen LogP contribution in [0.1, 0.15) is 12.3 Å². The molecule has 2 aromatic heterocycles. The maximum Gasteiger partial charge on any atom is 0.405 e. The molecule has 0 radical (unpaired) electrons. The molecule has 0 aromatic carbocycles. The number of esters is 1. The van der Waals surface area contributed by atoms with E-state index in [2.05, 4.69) is 19.9 Å². The summed E-state index contributed by atoms with van der Waals surface area (Å²) in [6, 6.07) is 3.08. The molecule has 2 aromatic rings. The van der Waals surface area contributed by atoms with E-state index < -0.39 is 42.3 Å². The van der Waals surface area contributed by atoms with Crippen LogP contribution >= 0.6 is 0 Å². The van der Waals surface area contributed by atoms with Crippen molar-refractivity contribution in [2.24, 2.45) is 0 Å². The molecule has 1 atom stereocenters. The van der Waals surface area contributed by atoms with Gasteiger partial charge in [0.25, 0.3) is 0 Å². The van der Waals surface area contributed by atoms with E-state index in [9.17, 15) is 22.8 Å². The molecule has 1 fully saturated rings. The van der Waals surface area contributed by atoms with Gasteiger partial charge in [0, 0.05) is 43.2 Å². The van der Waals surface area contributed by atoms with E-state index in [0.717, 1.165) is 24.2 Å². The largest absolute Gasteiger partial charge is 0.466 e. The molecule has 0 bridgehead atoms. The van der Waals surface area contributed by atoms with Crippen molar-refractivity contribution in [3.05, 3.63) is 42.6 Å². The molecule has 0 spiro atoms. The predicted molar refractivity (Wildman–Crippen MR) is 87.6 cm³/mol. The van der Waals surface area contributed by atoms with E-state index in [-0.39, 0.29) is 12.4 Å². The number of alkyl halides is 3. The minimum atomic E-state index is -4.73. The third kappa shape index (κ3) is 3.59. The Morgan fingerprint density at radius 3 is 2.64 bits per heavy atom. The summed E-state index contributed by atoms with van der Waals surface area (Å²) >= 11 is 0. The molecule has 1 saturated heterocycles. The van der Waals surface area contributed by atoms with Crippen LogP contribution in [0.5, 0.6) is 0 Å². The number of hydrogen-bond acceptors (Lipinski definition) is 7. The van der Waals surface area contributed by atoms with Crippen molar-refractivity contribution in [2.45, 2.75) is 18.0 Å². The van der Waals surface area contributed by atoms with Gasteiger partial charge < -0.3 is 14.2 Å². The zero-order chi connectivity index (χ0) is 20.4. The Hall–Kier alpha value is -3.24. The number of pyridine rings is 1. The number of amides is 1. The summed E-state index contributed by atoms with van der Waals surface area (Å²) in [4.78, 5) is 31.9. The molecule has 0 saturated carbocycles.